The molecule has 22 heavy (non-hydrogen) atoms. The molecule has 1 fully saturated rings. The van der Waals surface area contributed by atoms with E-state index >= 15 is 0 Å². The number of esters is 1. The summed E-state index contributed by atoms with van der Waals surface area (Å²) in [4.78, 5) is 11.7. The van der Waals surface area contributed by atoms with Crippen LogP contribution in [0.1, 0.15) is 32.3 Å². The molecule has 0 radical (unpaired) electrons. The SMILES string of the molecule is CCOC(=O)C(C)=C1CCC(c2ccccc2)(C(F)(F)F)O1. The number of carbonyl (C=O) groups excluding carboxylic acids is 1. The number of rotatable bonds is 3. The smallest absolute Gasteiger partial charge is 0.432 e. The molecule has 3 nitrogen and oxygen atoms in total. The van der Waals surface area contributed by atoms with Crippen molar-refractivity contribution in [3.8, 4) is 0 Å². The van der Waals surface area contributed by atoms with Gasteiger partial charge in [-0.25, -0.2) is 4.79 Å². The van der Waals surface area contributed by atoms with E-state index in [0.29, 0.717) is 0 Å². The molecule has 1 aliphatic heterocycles. The number of ether oxygens (including phenoxy) is 2. The molecular formula is C16H17F3O3. The molecule has 1 heterocycles. The van der Waals surface area contributed by atoms with Crippen LogP contribution in [0, 0.1) is 0 Å². The van der Waals surface area contributed by atoms with E-state index in [1.807, 2.05) is 0 Å². The van der Waals surface area contributed by atoms with Gasteiger partial charge in [-0.2, -0.15) is 13.2 Å². The van der Waals surface area contributed by atoms with Gasteiger partial charge in [0.2, 0.25) is 5.60 Å². The number of halogens is 3. The molecule has 0 spiro atoms. The highest BCUT2D eigenvalue weighted by Crippen LogP contribution is 2.52. The number of hydrogen-bond donors (Lipinski definition) is 0. The van der Waals surface area contributed by atoms with E-state index in [1.165, 1.54) is 31.2 Å². The van der Waals surface area contributed by atoms with E-state index < -0.39 is 17.7 Å². The van der Waals surface area contributed by atoms with E-state index in [2.05, 4.69) is 0 Å². The molecule has 1 aliphatic rings. The maximum atomic E-state index is 13.6. The Kier molecular flexibility index (Phi) is 4.49. The summed E-state index contributed by atoms with van der Waals surface area (Å²) in [6, 6.07) is 7.48. The third kappa shape index (κ3) is 2.82. The monoisotopic (exact) mass is 314 g/mol. The van der Waals surface area contributed by atoms with E-state index in [0.717, 1.165) is 0 Å². The number of alkyl halides is 3. The highest BCUT2D eigenvalue weighted by molar-refractivity contribution is 5.88. The second-order valence-corrected chi connectivity index (χ2v) is 5.06. The Morgan fingerprint density at radius 2 is 1.95 bits per heavy atom. The Labute approximate surface area is 126 Å². The minimum absolute atomic E-state index is 0.0363. The van der Waals surface area contributed by atoms with Gasteiger partial charge in [0.1, 0.15) is 5.76 Å². The summed E-state index contributed by atoms with van der Waals surface area (Å²) in [7, 11) is 0. The van der Waals surface area contributed by atoms with E-state index in [4.69, 9.17) is 9.47 Å². The molecule has 6 heteroatoms. The molecule has 0 aromatic heterocycles. The van der Waals surface area contributed by atoms with Gasteiger partial charge in [0.15, 0.2) is 0 Å². The molecule has 1 aromatic carbocycles. The van der Waals surface area contributed by atoms with Crippen LogP contribution in [-0.2, 0) is 19.9 Å². The molecule has 1 aromatic rings. The van der Waals surface area contributed by atoms with Crippen LogP contribution in [0.3, 0.4) is 0 Å². The first kappa shape index (κ1) is 16.4. The summed E-state index contributed by atoms with van der Waals surface area (Å²) >= 11 is 0. The normalized spacial score (nSPS) is 23.9. The van der Waals surface area contributed by atoms with Crippen molar-refractivity contribution in [1.82, 2.24) is 0 Å². The van der Waals surface area contributed by atoms with Crippen molar-refractivity contribution in [2.45, 2.75) is 38.5 Å². The van der Waals surface area contributed by atoms with Crippen LogP contribution in [0.4, 0.5) is 13.2 Å². The van der Waals surface area contributed by atoms with Crippen molar-refractivity contribution < 1.29 is 27.4 Å². The minimum Gasteiger partial charge on any atom is -0.477 e. The van der Waals surface area contributed by atoms with E-state index in [1.54, 1.807) is 13.0 Å². The van der Waals surface area contributed by atoms with Gasteiger partial charge in [0.25, 0.3) is 0 Å². The van der Waals surface area contributed by atoms with Gasteiger partial charge in [0, 0.05) is 18.4 Å². The van der Waals surface area contributed by atoms with Gasteiger partial charge < -0.3 is 9.47 Å². The lowest BCUT2D eigenvalue weighted by molar-refractivity contribution is -0.261. The van der Waals surface area contributed by atoms with Crippen molar-refractivity contribution >= 4 is 5.97 Å². The zero-order valence-electron chi connectivity index (χ0n) is 12.4. The van der Waals surface area contributed by atoms with Crippen molar-refractivity contribution in [3.05, 3.63) is 47.2 Å². The maximum absolute atomic E-state index is 13.6. The fraction of sp³-hybridized carbons (Fsp3) is 0.438. The molecule has 0 saturated carbocycles. The second kappa shape index (κ2) is 6.02. The Morgan fingerprint density at radius 3 is 2.50 bits per heavy atom. The summed E-state index contributed by atoms with van der Waals surface area (Å²) in [6.45, 7) is 3.21. The average molecular weight is 314 g/mol. The summed E-state index contributed by atoms with van der Waals surface area (Å²) in [5.41, 5.74) is -2.28. The summed E-state index contributed by atoms with van der Waals surface area (Å²) in [5.74, 6) is -0.608. The van der Waals surface area contributed by atoms with Gasteiger partial charge in [0.05, 0.1) is 12.2 Å². The Balaban J connectivity index is 2.41. The summed E-state index contributed by atoms with van der Waals surface area (Å²) in [5, 5.41) is 0. The van der Waals surface area contributed by atoms with Crippen LogP contribution in [0.25, 0.3) is 0 Å². The number of allylic oxidation sites excluding steroid dienone is 1. The lowest BCUT2D eigenvalue weighted by Gasteiger charge is -2.31. The first-order valence-corrected chi connectivity index (χ1v) is 7.00. The first-order valence-electron chi connectivity index (χ1n) is 7.00. The Bertz CT molecular complexity index is 578. The predicted octanol–water partition coefficient (Wildman–Crippen LogP) is 4.09. The van der Waals surface area contributed by atoms with Crippen LogP contribution < -0.4 is 0 Å². The quantitative estimate of drug-likeness (QED) is 0.622. The van der Waals surface area contributed by atoms with Gasteiger partial charge in [-0.05, 0) is 13.8 Å². The van der Waals surface area contributed by atoms with E-state index in [9.17, 15) is 18.0 Å². The van der Waals surface area contributed by atoms with Gasteiger partial charge in [-0.1, -0.05) is 30.3 Å². The zero-order chi connectivity index (χ0) is 16.4. The molecular weight excluding hydrogens is 297 g/mol. The number of benzene rings is 1. The fourth-order valence-electron chi connectivity index (χ4n) is 2.49. The number of carbonyl (C=O) groups is 1. The molecule has 0 amide bonds. The average Bonchev–Trinajstić information content (AvgIpc) is 2.94. The Hall–Kier alpha value is -1.98. The lowest BCUT2D eigenvalue weighted by Crippen LogP contribution is -2.41. The molecule has 120 valence electrons. The van der Waals surface area contributed by atoms with Crippen LogP contribution >= 0.6 is 0 Å². The van der Waals surface area contributed by atoms with Crippen LogP contribution in [0.2, 0.25) is 0 Å². The molecule has 0 aliphatic carbocycles. The van der Waals surface area contributed by atoms with Gasteiger partial charge >= 0.3 is 12.1 Å². The Morgan fingerprint density at radius 1 is 1.32 bits per heavy atom. The van der Waals surface area contributed by atoms with Crippen LogP contribution in [0.15, 0.2) is 41.7 Å². The molecule has 2 rings (SSSR count). The van der Waals surface area contributed by atoms with Crippen molar-refractivity contribution in [2.75, 3.05) is 6.61 Å². The van der Waals surface area contributed by atoms with Crippen molar-refractivity contribution in [3.63, 3.8) is 0 Å². The largest absolute Gasteiger partial charge is 0.477 e. The molecule has 1 unspecified atom stereocenters. The minimum atomic E-state index is -4.58. The standard InChI is InChI=1S/C16H17F3O3/c1-3-21-14(20)11(2)13-9-10-15(22-13,16(17,18)19)12-7-5-4-6-8-12/h4-8H,3,9-10H2,1-2H3. The first-order chi connectivity index (χ1) is 10.3. The van der Waals surface area contributed by atoms with Crippen LogP contribution in [-0.4, -0.2) is 18.8 Å². The predicted molar refractivity (Wildman–Crippen MR) is 73.8 cm³/mol. The molecule has 1 saturated heterocycles. The van der Waals surface area contributed by atoms with Crippen LogP contribution in [0.5, 0.6) is 0 Å². The third-order valence-electron chi connectivity index (χ3n) is 3.70. The van der Waals surface area contributed by atoms with Crippen molar-refractivity contribution in [1.29, 1.82) is 0 Å². The summed E-state index contributed by atoms with van der Waals surface area (Å²) < 4.78 is 51.0. The topological polar surface area (TPSA) is 35.5 Å². The van der Waals surface area contributed by atoms with Gasteiger partial charge in [-0.3, -0.25) is 0 Å². The van der Waals surface area contributed by atoms with Gasteiger partial charge in [-0.15, -0.1) is 0 Å². The maximum Gasteiger partial charge on any atom is 0.432 e. The third-order valence-corrected chi connectivity index (χ3v) is 3.70. The second-order valence-electron chi connectivity index (χ2n) is 5.06. The number of hydrogen-bond acceptors (Lipinski definition) is 3. The van der Waals surface area contributed by atoms with E-state index in [-0.39, 0.29) is 36.3 Å². The molecule has 1 atom stereocenters. The lowest BCUT2D eigenvalue weighted by atomic mass is 9.90. The molecule has 0 bridgehead atoms. The molecule has 0 N–H and O–H groups in total. The summed E-state index contributed by atoms with van der Waals surface area (Å²) in [6.07, 6.45) is -4.79. The highest BCUT2D eigenvalue weighted by atomic mass is 19.4. The highest BCUT2D eigenvalue weighted by Gasteiger charge is 2.61. The fourth-order valence-corrected chi connectivity index (χ4v) is 2.49. The van der Waals surface area contributed by atoms with Crippen molar-refractivity contribution in [2.24, 2.45) is 0 Å². The zero-order valence-corrected chi connectivity index (χ0v) is 12.4.